The predicted molar refractivity (Wildman–Crippen MR) is 87.0 cm³/mol. The van der Waals surface area contributed by atoms with Gasteiger partial charge in [0, 0.05) is 30.6 Å². The van der Waals surface area contributed by atoms with Crippen molar-refractivity contribution in [2.24, 2.45) is 0 Å². The molecule has 3 heterocycles. The van der Waals surface area contributed by atoms with Crippen LogP contribution in [0.5, 0.6) is 0 Å². The fourth-order valence-corrected chi connectivity index (χ4v) is 3.51. The van der Waals surface area contributed by atoms with E-state index in [1.807, 2.05) is 13.0 Å². The minimum atomic E-state index is 0.601. The van der Waals surface area contributed by atoms with Gasteiger partial charge < -0.3 is 4.57 Å². The topological polar surface area (TPSA) is 34.0 Å². The monoisotopic (exact) mass is 306 g/mol. The number of imidazole rings is 1. The summed E-state index contributed by atoms with van der Waals surface area (Å²) < 4.78 is 2.30. The minimum Gasteiger partial charge on any atom is -0.311 e. The van der Waals surface area contributed by atoms with Crippen LogP contribution in [0.15, 0.2) is 12.1 Å². The summed E-state index contributed by atoms with van der Waals surface area (Å²) in [4.78, 5) is 12.0. The molecule has 1 saturated heterocycles. The molecule has 2 aromatic heterocycles. The standard InChI is InChI=1S/C16H23ClN4/c1-3-20-10-4-5-13(20)11-21-15(8-9-17)19-14-7-6-12(2)18-16(14)21/h6-7,13H,3-5,8-11H2,1-2H3. The minimum absolute atomic E-state index is 0.601. The van der Waals surface area contributed by atoms with Crippen LogP contribution < -0.4 is 0 Å². The molecule has 0 aromatic carbocycles. The van der Waals surface area contributed by atoms with Crippen LogP contribution in [0.25, 0.3) is 11.2 Å². The Morgan fingerprint density at radius 1 is 1.33 bits per heavy atom. The van der Waals surface area contributed by atoms with Crippen LogP contribution in [0.2, 0.25) is 0 Å². The van der Waals surface area contributed by atoms with E-state index in [1.54, 1.807) is 0 Å². The molecule has 1 unspecified atom stereocenters. The molecule has 1 aliphatic heterocycles. The number of pyridine rings is 1. The molecule has 0 amide bonds. The average Bonchev–Trinajstić information content (AvgIpc) is 3.05. The fraction of sp³-hybridized carbons (Fsp3) is 0.625. The second kappa shape index (κ2) is 6.32. The molecule has 0 N–H and O–H groups in total. The van der Waals surface area contributed by atoms with Gasteiger partial charge in [0.1, 0.15) is 11.3 Å². The van der Waals surface area contributed by atoms with Crippen molar-refractivity contribution in [1.82, 2.24) is 19.4 Å². The first kappa shape index (κ1) is 14.8. The number of alkyl halides is 1. The Balaban J connectivity index is 1.98. The average molecular weight is 307 g/mol. The zero-order valence-electron chi connectivity index (χ0n) is 12.8. The lowest BCUT2D eigenvalue weighted by Gasteiger charge is -2.24. The van der Waals surface area contributed by atoms with Gasteiger partial charge in [0.2, 0.25) is 0 Å². The highest BCUT2D eigenvalue weighted by Crippen LogP contribution is 2.22. The summed E-state index contributed by atoms with van der Waals surface area (Å²) in [5.74, 6) is 1.67. The number of rotatable bonds is 5. The molecular weight excluding hydrogens is 284 g/mol. The fourth-order valence-electron chi connectivity index (χ4n) is 3.34. The molecule has 0 saturated carbocycles. The third kappa shape index (κ3) is 2.92. The second-order valence-corrected chi connectivity index (χ2v) is 6.18. The maximum atomic E-state index is 5.96. The number of nitrogens with zero attached hydrogens (tertiary/aromatic N) is 4. The van der Waals surface area contributed by atoms with Crippen LogP contribution in [0.1, 0.15) is 31.3 Å². The number of likely N-dealkylation sites (tertiary alicyclic amines) is 1. The van der Waals surface area contributed by atoms with E-state index in [9.17, 15) is 0 Å². The highest BCUT2D eigenvalue weighted by Gasteiger charge is 2.25. The van der Waals surface area contributed by atoms with Crippen LogP contribution in [0.3, 0.4) is 0 Å². The summed E-state index contributed by atoms with van der Waals surface area (Å²) in [6.45, 7) is 7.59. The largest absolute Gasteiger partial charge is 0.311 e. The van der Waals surface area contributed by atoms with Gasteiger partial charge in [-0.25, -0.2) is 9.97 Å². The van der Waals surface area contributed by atoms with Crippen molar-refractivity contribution in [2.75, 3.05) is 19.0 Å². The van der Waals surface area contributed by atoms with Gasteiger partial charge in [0.15, 0.2) is 5.65 Å². The van der Waals surface area contributed by atoms with E-state index in [0.717, 1.165) is 42.2 Å². The van der Waals surface area contributed by atoms with Crippen molar-refractivity contribution in [2.45, 2.75) is 45.7 Å². The molecule has 21 heavy (non-hydrogen) atoms. The van der Waals surface area contributed by atoms with Gasteiger partial charge in [-0.05, 0) is 45.0 Å². The maximum Gasteiger partial charge on any atom is 0.160 e. The van der Waals surface area contributed by atoms with Crippen molar-refractivity contribution in [3.05, 3.63) is 23.7 Å². The summed E-state index contributed by atoms with van der Waals surface area (Å²) in [6, 6.07) is 4.69. The molecular formula is C16H23ClN4. The quantitative estimate of drug-likeness (QED) is 0.796. The Labute approximate surface area is 131 Å². The summed E-state index contributed by atoms with van der Waals surface area (Å²) in [6.07, 6.45) is 3.36. The summed E-state index contributed by atoms with van der Waals surface area (Å²) >= 11 is 5.96. The van der Waals surface area contributed by atoms with Crippen molar-refractivity contribution >= 4 is 22.8 Å². The van der Waals surface area contributed by atoms with E-state index in [-0.39, 0.29) is 0 Å². The van der Waals surface area contributed by atoms with Gasteiger partial charge in [0.05, 0.1) is 0 Å². The predicted octanol–water partition coefficient (Wildman–Crippen LogP) is 3.01. The van der Waals surface area contributed by atoms with Crippen LogP contribution in [0.4, 0.5) is 0 Å². The molecule has 2 aromatic rings. The zero-order valence-corrected chi connectivity index (χ0v) is 13.6. The first-order chi connectivity index (χ1) is 10.2. The van der Waals surface area contributed by atoms with Gasteiger partial charge in [0.25, 0.3) is 0 Å². The third-order valence-corrected chi connectivity index (χ3v) is 4.62. The molecule has 1 atom stereocenters. The van der Waals surface area contributed by atoms with E-state index in [0.29, 0.717) is 11.9 Å². The Hall–Kier alpha value is -1.13. The third-order valence-electron chi connectivity index (χ3n) is 4.43. The molecule has 1 aliphatic rings. The van der Waals surface area contributed by atoms with Crippen LogP contribution in [-0.4, -0.2) is 44.4 Å². The van der Waals surface area contributed by atoms with Gasteiger partial charge in [-0.3, -0.25) is 4.90 Å². The summed E-state index contributed by atoms with van der Waals surface area (Å²) in [5, 5.41) is 0. The highest BCUT2D eigenvalue weighted by molar-refractivity contribution is 6.17. The lowest BCUT2D eigenvalue weighted by molar-refractivity contribution is 0.244. The number of aryl methyl sites for hydroxylation is 2. The first-order valence-corrected chi connectivity index (χ1v) is 8.39. The van der Waals surface area contributed by atoms with Crippen LogP contribution in [0, 0.1) is 6.92 Å². The van der Waals surface area contributed by atoms with E-state index in [4.69, 9.17) is 21.6 Å². The molecule has 0 spiro atoms. The number of aromatic nitrogens is 3. The Morgan fingerprint density at radius 3 is 2.95 bits per heavy atom. The van der Waals surface area contributed by atoms with Crippen LogP contribution >= 0.6 is 11.6 Å². The summed E-state index contributed by atoms with van der Waals surface area (Å²) in [7, 11) is 0. The molecule has 0 aliphatic carbocycles. The molecule has 4 nitrogen and oxygen atoms in total. The Morgan fingerprint density at radius 2 is 2.19 bits per heavy atom. The first-order valence-electron chi connectivity index (χ1n) is 7.85. The van der Waals surface area contributed by atoms with Gasteiger partial charge in [-0.15, -0.1) is 11.6 Å². The SMILES string of the molecule is CCN1CCCC1Cn1c(CCCl)nc2ccc(C)nc21. The zero-order chi connectivity index (χ0) is 14.8. The lowest BCUT2D eigenvalue weighted by Crippen LogP contribution is -2.33. The van der Waals surface area contributed by atoms with Crippen molar-refractivity contribution in [3.63, 3.8) is 0 Å². The summed E-state index contributed by atoms with van der Waals surface area (Å²) in [5.41, 5.74) is 3.04. The number of fused-ring (bicyclic) bond motifs is 1. The number of hydrogen-bond donors (Lipinski definition) is 0. The highest BCUT2D eigenvalue weighted by atomic mass is 35.5. The molecule has 0 bridgehead atoms. The molecule has 0 radical (unpaired) electrons. The second-order valence-electron chi connectivity index (χ2n) is 5.80. The molecule has 3 rings (SSSR count). The van der Waals surface area contributed by atoms with Crippen molar-refractivity contribution in [1.29, 1.82) is 0 Å². The maximum absolute atomic E-state index is 5.96. The Kier molecular flexibility index (Phi) is 4.45. The van der Waals surface area contributed by atoms with Gasteiger partial charge >= 0.3 is 0 Å². The van der Waals surface area contributed by atoms with Crippen molar-refractivity contribution in [3.8, 4) is 0 Å². The van der Waals surface area contributed by atoms with E-state index in [2.05, 4.69) is 22.5 Å². The smallest absolute Gasteiger partial charge is 0.160 e. The lowest BCUT2D eigenvalue weighted by atomic mass is 10.2. The van der Waals surface area contributed by atoms with Crippen LogP contribution in [-0.2, 0) is 13.0 Å². The van der Waals surface area contributed by atoms with Gasteiger partial charge in [-0.1, -0.05) is 6.92 Å². The normalized spacial score (nSPS) is 19.7. The Bertz CT molecular complexity index is 622. The molecule has 1 fully saturated rings. The van der Waals surface area contributed by atoms with E-state index >= 15 is 0 Å². The van der Waals surface area contributed by atoms with E-state index in [1.165, 1.54) is 19.4 Å². The number of likely N-dealkylation sites (N-methyl/N-ethyl adjacent to an activating group) is 1. The number of hydrogen-bond acceptors (Lipinski definition) is 3. The van der Waals surface area contributed by atoms with Gasteiger partial charge in [-0.2, -0.15) is 0 Å². The number of halogens is 1. The molecule has 5 heteroatoms. The van der Waals surface area contributed by atoms with Crippen molar-refractivity contribution < 1.29 is 0 Å². The van der Waals surface area contributed by atoms with E-state index < -0.39 is 0 Å². The molecule has 114 valence electrons.